The van der Waals surface area contributed by atoms with Gasteiger partial charge in [0.15, 0.2) is 12.2 Å². The maximum atomic E-state index is 12.9. The number of hydrogen-bond acceptors (Lipinski definition) is 5. The first-order valence-corrected chi connectivity index (χ1v) is 11.6. The van der Waals surface area contributed by atoms with Gasteiger partial charge in [-0.3, -0.25) is 9.59 Å². The third kappa shape index (κ3) is 5.40. The number of nitriles is 1. The lowest BCUT2D eigenvalue weighted by molar-refractivity contribution is -0.153. The van der Waals surface area contributed by atoms with Crippen LogP contribution in [0.2, 0.25) is 0 Å². The molecule has 35 heavy (non-hydrogen) atoms. The molecule has 2 amide bonds. The molecule has 0 aliphatic carbocycles. The number of likely N-dealkylation sites (tertiary alicyclic amines) is 1. The molecule has 1 aliphatic heterocycles. The molecule has 7 heteroatoms. The van der Waals surface area contributed by atoms with Crippen LogP contribution in [0, 0.1) is 11.3 Å². The highest BCUT2D eigenvalue weighted by molar-refractivity contribution is 5.91. The largest absolute Gasteiger partial charge is 0.380 e. The SMILES string of the molecule is N#Cc1ccccc1-c1ccc(CNC(=O)[C@H](O)[C@@H](O)C(=O)N2CCCC2c2ccccc2)cc1. The Labute approximate surface area is 204 Å². The van der Waals surface area contributed by atoms with E-state index in [-0.39, 0.29) is 12.6 Å². The molecule has 178 valence electrons. The van der Waals surface area contributed by atoms with Gasteiger partial charge in [-0.2, -0.15) is 5.26 Å². The highest BCUT2D eigenvalue weighted by Crippen LogP contribution is 2.32. The first-order valence-electron chi connectivity index (χ1n) is 11.6. The van der Waals surface area contributed by atoms with Gasteiger partial charge in [-0.05, 0) is 41.2 Å². The van der Waals surface area contributed by atoms with E-state index < -0.39 is 24.0 Å². The summed E-state index contributed by atoms with van der Waals surface area (Å²) >= 11 is 0. The average molecular weight is 470 g/mol. The molecule has 1 unspecified atom stereocenters. The number of rotatable bonds is 7. The number of hydrogen-bond donors (Lipinski definition) is 3. The molecule has 4 rings (SSSR count). The Morgan fingerprint density at radius 3 is 2.37 bits per heavy atom. The Morgan fingerprint density at radius 1 is 0.971 bits per heavy atom. The van der Waals surface area contributed by atoms with Gasteiger partial charge < -0.3 is 20.4 Å². The highest BCUT2D eigenvalue weighted by atomic mass is 16.3. The molecule has 1 saturated heterocycles. The summed E-state index contributed by atoms with van der Waals surface area (Å²) in [5.41, 5.74) is 4.00. The van der Waals surface area contributed by atoms with Crippen LogP contribution in [0.1, 0.15) is 35.6 Å². The summed E-state index contributed by atoms with van der Waals surface area (Å²) < 4.78 is 0. The third-order valence-electron chi connectivity index (χ3n) is 6.32. The van der Waals surface area contributed by atoms with Gasteiger partial charge in [0.25, 0.3) is 11.8 Å². The van der Waals surface area contributed by atoms with E-state index in [1.54, 1.807) is 6.07 Å². The van der Waals surface area contributed by atoms with E-state index in [1.807, 2.05) is 72.8 Å². The molecular formula is C28H27N3O4. The lowest BCUT2D eigenvalue weighted by Crippen LogP contribution is -2.50. The smallest absolute Gasteiger partial charge is 0.255 e. The summed E-state index contributed by atoms with van der Waals surface area (Å²) in [4.78, 5) is 26.9. The predicted octanol–water partition coefficient (Wildman–Crippen LogP) is 2.93. The molecule has 0 saturated carbocycles. The zero-order valence-corrected chi connectivity index (χ0v) is 19.2. The summed E-state index contributed by atoms with van der Waals surface area (Å²) in [5.74, 6) is -1.47. The fraction of sp³-hybridized carbons (Fsp3) is 0.250. The number of benzene rings is 3. The molecule has 0 radical (unpaired) electrons. The van der Waals surface area contributed by atoms with E-state index in [0.717, 1.165) is 35.1 Å². The standard InChI is InChI=1S/C28H27N3O4/c29-17-22-9-4-5-10-23(22)20-14-12-19(13-15-20)18-30-27(34)25(32)26(33)28(35)31-16-6-11-24(31)21-7-2-1-3-8-21/h1-5,7-10,12-15,24-26,32-33H,6,11,16,18H2,(H,30,34)/t24?,25-,26-/m1/s1. The van der Waals surface area contributed by atoms with E-state index in [0.29, 0.717) is 12.1 Å². The zero-order chi connectivity index (χ0) is 24.8. The number of nitrogens with one attached hydrogen (secondary N) is 1. The number of carbonyl (C=O) groups excluding carboxylic acids is 2. The monoisotopic (exact) mass is 469 g/mol. The second kappa shape index (κ2) is 11.0. The van der Waals surface area contributed by atoms with Gasteiger partial charge in [0.2, 0.25) is 0 Å². The molecule has 1 heterocycles. The molecule has 3 atom stereocenters. The van der Waals surface area contributed by atoms with Crippen molar-refractivity contribution in [3.05, 3.63) is 95.6 Å². The topological polar surface area (TPSA) is 114 Å². The fourth-order valence-electron chi connectivity index (χ4n) is 4.43. The summed E-state index contributed by atoms with van der Waals surface area (Å²) in [6.07, 6.45) is -2.17. The zero-order valence-electron chi connectivity index (χ0n) is 19.2. The normalized spacial score (nSPS) is 16.8. The Balaban J connectivity index is 1.35. The second-order valence-electron chi connectivity index (χ2n) is 8.56. The van der Waals surface area contributed by atoms with Crippen molar-refractivity contribution in [3.63, 3.8) is 0 Å². The summed E-state index contributed by atoms with van der Waals surface area (Å²) in [6.45, 7) is 0.582. The Morgan fingerprint density at radius 2 is 1.66 bits per heavy atom. The van der Waals surface area contributed by atoms with Gasteiger partial charge >= 0.3 is 0 Å². The van der Waals surface area contributed by atoms with Crippen LogP contribution < -0.4 is 5.32 Å². The Kier molecular flexibility index (Phi) is 7.56. The van der Waals surface area contributed by atoms with Crippen LogP contribution in [0.25, 0.3) is 11.1 Å². The van der Waals surface area contributed by atoms with Crippen molar-refractivity contribution in [2.75, 3.05) is 6.54 Å². The van der Waals surface area contributed by atoms with Crippen molar-refractivity contribution in [1.29, 1.82) is 5.26 Å². The number of amides is 2. The molecule has 3 aromatic rings. The first-order chi connectivity index (χ1) is 17.0. The summed E-state index contributed by atoms with van der Waals surface area (Å²) in [5, 5.41) is 32.7. The van der Waals surface area contributed by atoms with E-state index >= 15 is 0 Å². The van der Waals surface area contributed by atoms with E-state index in [9.17, 15) is 25.1 Å². The fourth-order valence-corrected chi connectivity index (χ4v) is 4.43. The molecular weight excluding hydrogens is 442 g/mol. The van der Waals surface area contributed by atoms with E-state index in [2.05, 4.69) is 11.4 Å². The van der Waals surface area contributed by atoms with Crippen LogP contribution >= 0.6 is 0 Å². The van der Waals surface area contributed by atoms with E-state index in [4.69, 9.17) is 0 Å². The van der Waals surface area contributed by atoms with Crippen molar-refractivity contribution < 1.29 is 19.8 Å². The van der Waals surface area contributed by atoms with Crippen LogP contribution in [0.4, 0.5) is 0 Å². The second-order valence-corrected chi connectivity index (χ2v) is 8.56. The van der Waals surface area contributed by atoms with Crippen molar-refractivity contribution in [3.8, 4) is 17.2 Å². The van der Waals surface area contributed by atoms with Crippen molar-refractivity contribution in [1.82, 2.24) is 10.2 Å². The lowest BCUT2D eigenvalue weighted by Gasteiger charge is -2.28. The van der Waals surface area contributed by atoms with Gasteiger partial charge in [-0.1, -0.05) is 72.8 Å². The Bertz CT molecular complexity index is 1220. The number of aliphatic hydroxyl groups is 2. The maximum Gasteiger partial charge on any atom is 0.255 e. The summed E-state index contributed by atoms with van der Waals surface area (Å²) in [7, 11) is 0. The van der Waals surface area contributed by atoms with Crippen LogP contribution in [0.3, 0.4) is 0 Å². The van der Waals surface area contributed by atoms with Gasteiger partial charge in [-0.15, -0.1) is 0 Å². The molecule has 1 fully saturated rings. The van der Waals surface area contributed by atoms with E-state index in [1.165, 1.54) is 4.90 Å². The quantitative estimate of drug-likeness (QED) is 0.492. The van der Waals surface area contributed by atoms with Gasteiger partial charge in [0.1, 0.15) is 0 Å². The number of nitrogens with zero attached hydrogens (tertiary/aromatic N) is 2. The summed E-state index contributed by atoms with van der Waals surface area (Å²) in [6, 6.07) is 26.1. The van der Waals surface area contributed by atoms with Crippen LogP contribution in [0.15, 0.2) is 78.9 Å². The molecule has 3 aromatic carbocycles. The lowest BCUT2D eigenvalue weighted by atomic mass is 9.99. The molecule has 0 aromatic heterocycles. The Hall–Kier alpha value is -3.99. The minimum absolute atomic E-state index is 0.118. The van der Waals surface area contributed by atoms with Crippen LogP contribution in [-0.2, 0) is 16.1 Å². The van der Waals surface area contributed by atoms with Crippen molar-refractivity contribution >= 4 is 11.8 Å². The van der Waals surface area contributed by atoms with Gasteiger partial charge in [0, 0.05) is 13.1 Å². The minimum Gasteiger partial charge on any atom is -0.380 e. The third-order valence-corrected chi connectivity index (χ3v) is 6.32. The molecule has 0 spiro atoms. The van der Waals surface area contributed by atoms with Crippen LogP contribution in [-0.4, -0.2) is 45.7 Å². The molecule has 0 bridgehead atoms. The number of carbonyl (C=O) groups is 2. The van der Waals surface area contributed by atoms with Gasteiger partial charge in [0.05, 0.1) is 17.7 Å². The van der Waals surface area contributed by atoms with Crippen LogP contribution in [0.5, 0.6) is 0 Å². The minimum atomic E-state index is -1.87. The molecule has 7 nitrogen and oxygen atoms in total. The van der Waals surface area contributed by atoms with Crippen molar-refractivity contribution in [2.24, 2.45) is 0 Å². The molecule has 3 N–H and O–H groups in total. The number of aliphatic hydroxyl groups excluding tert-OH is 2. The van der Waals surface area contributed by atoms with Crippen molar-refractivity contribution in [2.45, 2.75) is 37.6 Å². The average Bonchev–Trinajstić information content (AvgIpc) is 3.41. The van der Waals surface area contributed by atoms with Gasteiger partial charge in [-0.25, -0.2) is 0 Å². The predicted molar refractivity (Wildman–Crippen MR) is 131 cm³/mol. The first kappa shape index (κ1) is 24.1. The molecule has 1 aliphatic rings. The maximum absolute atomic E-state index is 12.9. The highest BCUT2D eigenvalue weighted by Gasteiger charge is 2.38.